The van der Waals surface area contributed by atoms with Crippen molar-refractivity contribution in [1.82, 2.24) is 14.5 Å². The zero-order valence-electron chi connectivity index (χ0n) is 13.6. The Morgan fingerprint density at radius 1 is 1.40 bits per heavy atom. The minimum Gasteiger partial charge on any atom is -0.367 e. The van der Waals surface area contributed by atoms with Gasteiger partial charge in [0.25, 0.3) is 5.91 Å². The Labute approximate surface area is 141 Å². The number of hydrogen-bond donors (Lipinski definition) is 1. The third-order valence-corrected chi connectivity index (χ3v) is 4.30. The molecule has 6 nitrogen and oxygen atoms in total. The molecule has 1 aliphatic rings. The number of ether oxygens (including phenoxy) is 1. The first-order valence-corrected chi connectivity index (χ1v) is 7.91. The summed E-state index contributed by atoms with van der Waals surface area (Å²) >= 11 is 0. The van der Waals surface area contributed by atoms with E-state index in [2.05, 4.69) is 4.98 Å². The minimum absolute atomic E-state index is 0.123. The van der Waals surface area contributed by atoms with E-state index in [1.807, 2.05) is 0 Å². The molecular formula is C16H18F3N3O3. The number of nitrogens with zero attached hydrogens (tertiary/aromatic N) is 2. The van der Waals surface area contributed by atoms with Crippen molar-refractivity contribution in [2.45, 2.75) is 25.1 Å². The van der Waals surface area contributed by atoms with Gasteiger partial charge in [-0.05, 0) is 31.0 Å². The topological polar surface area (TPSA) is 67.3 Å². The number of aromatic amines is 1. The van der Waals surface area contributed by atoms with E-state index in [1.165, 1.54) is 9.47 Å². The van der Waals surface area contributed by atoms with Crippen LogP contribution in [0.1, 0.15) is 23.2 Å². The van der Waals surface area contributed by atoms with Crippen LogP contribution in [0.5, 0.6) is 0 Å². The van der Waals surface area contributed by atoms with E-state index in [4.69, 9.17) is 4.74 Å². The van der Waals surface area contributed by atoms with Crippen LogP contribution in [0.15, 0.2) is 23.0 Å². The number of likely N-dealkylation sites (tertiary alicyclic amines) is 1. The molecule has 1 saturated heterocycles. The van der Waals surface area contributed by atoms with Crippen molar-refractivity contribution in [3.63, 3.8) is 0 Å². The van der Waals surface area contributed by atoms with E-state index >= 15 is 0 Å². The molecule has 2 aromatic rings. The van der Waals surface area contributed by atoms with E-state index in [0.717, 1.165) is 0 Å². The fraction of sp³-hybridized carbons (Fsp3) is 0.500. The van der Waals surface area contributed by atoms with Gasteiger partial charge >= 0.3 is 11.9 Å². The third kappa shape index (κ3) is 3.87. The fourth-order valence-corrected chi connectivity index (χ4v) is 3.02. The van der Waals surface area contributed by atoms with Crippen molar-refractivity contribution in [3.8, 4) is 0 Å². The molecular weight excluding hydrogens is 339 g/mol. The number of carbonyl (C=O) groups excluding carboxylic acids is 1. The number of aromatic nitrogens is 2. The molecule has 2 heterocycles. The number of amides is 1. The molecule has 0 spiro atoms. The molecule has 0 radical (unpaired) electrons. The summed E-state index contributed by atoms with van der Waals surface area (Å²) in [4.78, 5) is 28.4. The maximum absolute atomic E-state index is 12.6. The molecule has 1 fully saturated rings. The van der Waals surface area contributed by atoms with E-state index < -0.39 is 18.9 Å². The Bertz CT molecular complexity index is 840. The van der Waals surface area contributed by atoms with Gasteiger partial charge in [-0.3, -0.25) is 9.36 Å². The number of nitrogens with one attached hydrogen (secondary N) is 1. The van der Waals surface area contributed by atoms with Crippen molar-refractivity contribution >= 4 is 16.9 Å². The summed E-state index contributed by atoms with van der Waals surface area (Å²) in [7, 11) is 1.62. The molecule has 136 valence electrons. The Morgan fingerprint density at radius 2 is 2.16 bits per heavy atom. The van der Waals surface area contributed by atoms with Gasteiger partial charge in [0.15, 0.2) is 0 Å². The SMILES string of the molecule is Cn1c(=O)[nH]c2cc(C(=O)N3CCCC(OCC(F)(F)F)C3)ccc21. The first-order chi connectivity index (χ1) is 11.7. The average molecular weight is 357 g/mol. The predicted octanol–water partition coefficient (Wildman–Crippen LogP) is 2.05. The number of imidazole rings is 1. The Balaban J connectivity index is 1.72. The van der Waals surface area contributed by atoms with Crippen molar-refractivity contribution in [3.05, 3.63) is 34.2 Å². The number of H-pyrrole nitrogens is 1. The monoisotopic (exact) mass is 357 g/mol. The highest BCUT2D eigenvalue weighted by molar-refractivity contribution is 5.97. The second kappa shape index (κ2) is 6.55. The van der Waals surface area contributed by atoms with Crippen LogP contribution in [0.2, 0.25) is 0 Å². The highest BCUT2D eigenvalue weighted by atomic mass is 19.4. The number of fused-ring (bicyclic) bond motifs is 1. The summed E-state index contributed by atoms with van der Waals surface area (Å²) in [5, 5.41) is 0. The van der Waals surface area contributed by atoms with Crippen LogP contribution in [-0.4, -0.2) is 52.3 Å². The Hall–Kier alpha value is -2.29. The largest absolute Gasteiger partial charge is 0.411 e. The molecule has 9 heteroatoms. The van der Waals surface area contributed by atoms with Gasteiger partial charge in [-0.25, -0.2) is 4.79 Å². The van der Waals surface area contributed by atoms with Crippen LogP contribution in [0.25, 0.3) is 11.0 Å². The molecule has 1 aliphatic heterocycles. The first kappa shape index (κ1) is 17.5. The summed E-state index contributed by atoms with van der Waals surface area (Å²) in [5.41, 5.74) is 1.32. The van der Waals surface area contributed by atoms with Crippen LogP contribution in [0.3, 0.4) is 0 Å². The Morgan fingerprint density at radius 3 is 2.88 bits per heavy atom. The van der Waals surface area contributed by atoms with Gasteiger partial charge in [0.1, 0.15) is 6.61 Å². The highest BCUT2D eigenvalue weighted by Gasteiger charge is 2.32. The molecule has 1 atom stereocenters. The van der Waals surface area contributed by atoms with Crippen LogP contribution < -0.4 is 5.69 Å². The van der Waals surface area contributed by atoms with Crippen molar-refractivity contribution in [2.24, 2.45) is 7.05 Å². The second-order valence-electron chi connectivity index (χ2n) is 6.16. The number of aryl methyl sites for hydroxylation is 1. The van der Waals surface area contributed by atoms with E-state index in [-0.39, 0.29) is 18.1 Å². The Kier molecular flexibility index (Phi) is 4.59. The zero-order chi connectivity index (χ0) is 18.2. The average Bonchev–Trinajstić information content (AvgIpc) is 2.86. The summed E-state index contributed by atoms with van der Waals surface area (Å²) in [6, 6.07) is 4.86. The molecule has 0 bridgehead atoms. The van der Waals surface area contributed by atoms with Crippen molar-refractivity contribution in [1.29, 1.82) is 0 Å². The fourth-order valence-electron chi connectivity index (χ4n) is 3.02. The van der Waals surface area contributed by atoms with E-state index in [9.17, 15) is 22.8 Å². The quantitative estimate of drug-likeness (QED) is 0.914. The number of piperidine rings is 1. The molecule has 1 amide bonds. The zero-order valence-corrected chi connectivity index (χ0v) is 13.6. The van der Waals surface area contributed by atoms with Crippen molar-refractivity contribution < 1.29 is 22.7 Å². The second-order valence-corrected chi connectivity index (χ2v) is 6.16. The minimum atomic E-state index is -4.38. The molecule has 1 N–H and O–H groups in total. The lowest BCUT2D eigenvalue weighted by molar-refractivity contribution is -0.188. The summed E-state index contributed by atoms with van der Waals surface area (Å²) < 4.78 is 43.2. The van der Waals surface area contributed by atoms with Crippen LogP contribution in [-0.2, 0) is 11.8 Å². The molecule has 1 unspecified atom stereocenters. The lowest BCUT2D eigenvalue weighted by Gasteiger charge is -2.33. The number of benzene rings is 1. The molecule has 1 aromatic carbocycles. The normalized spacial score (nSPS) is 18.7. The lowest BCUT2D eigenvalue weighted by Crippen LogP contribution is -2.44. The summed E-state index contributed by atoms with van der Waals surface area (Å²) in [6.45, 7) is -0.719. The maximum atomic E-state index is 12.6. The smallest absolute Gasteiger partial charge is 0.367 e. The lowest BCUT2D eigenvalue weighted by atomic mass is 10.1. The maximum Gasteiger partial charge on any atom is 0.411 e. The number of halogens is 3. The summed E-state index contributed by atoms with van der Waals surface area (Å²) in [5.74, 6) is -0.285. The molecule has 1 aromatic heterocycles. The van der Waals surface area contributed by atoms with Gasteiger partial charge < -0.3 is 14.6 Å². The molecule has 0 aliphatic carbocycles. The molecule has 25 heavy (non-hydrogen) atoms. The summed E-state index contributed by atoms with van der Waals surface area (Å²) in [6.07, 6.45) is -3.93. The molecule has 3 rings (SSSR count). The molecule has 0 saturated carbocycles. The van der Waals surface area contributed by atoms with Gasteiger partial charge in [0.05, 0.1) is 17.1 Å². The van der Waals surface area contributed by atoms with Crippen LogP contribution in [0.4, 0.5) is 13.2 Å². The number of hydrogen-bond acceptors (Lipinski definition) is 3. The van der Waals surface area contributed by atoms with Gasteiger partial charge in [-0.2, -0.15) is 13.2 Å². The standard InChI is InChI=1S/C16H18F3N3O3/c1-21-13-5-4-10(7-12(13)20-15(21)24)14(23)22-6-2-3-11(8-22)25-9-16(17,18)19/h4-5,7,11H,2-3,6,8-9H2,1H3,(H,20,24). The number of rotatable bonds is 3. The number of alkyl halides is 3. The highest BCUT2D eigenvalue weighted by Crippen LogP contribution is 2.21. The van der Waals surface area contributed by atoms with Gasteiger partial charge in [0.2, 0.25) is 0 Å². The van der Waals surface area contributed by atoms with Gasteiger partial charge in [-0.15, -0.1) is 0 Å². The third-order valence-electron chi connectivity index (χ3n) is 4.30. The van der Waals surface area contributed by atoms with E-state index in [1.54, 1.807) is 25.2 Å². The predicted molar refractivity (Wildman–Crippen MR) is 84.5 cm³/mol. The van der Waals surface area contributed by atoms with Crippen LogP contribution in [0, 0.1) is 0 Å². The van der Waals surface area contributed by atoms with Crippen molar-refractivity contribution in [2.75, 3.05) is 19.7 Å². The van der Waals surface area contributed by atoms with Gasteiger partial charge in [0, 0.05) is 25.7 Å². The van der Waals surface area contributed by atoms with Crippen LogP contribution >= 0.6 is 0 Å². The number of carbonyl (C=O) groups is 1. The van der Waals surface area contributed by atoms with Gasteiger partial charge in [-0.1, -0.05) is 0 Å². The van der Waals surface area contributed by atoms with E-state index in [0.29, 0.717) is 36.0 Å². The first-order valence-electron chi connectivity index (χ1n) is 7.91.